The molecular weight excluding hydrogens is 313 g/mol. The molecule has 1 aromatic rings. The van der Waals surface area contributed by atoms with Crippen molar-refractivity contribution < 1.29 is 0 Å². The normalized spacial score (nSPS) is 23.0. The summed E-state index contributed by atoms with van der Waals surface area (Å²) in [7, 11) is 0. The Bertz CT molecular complexity index is 440. The van der Waals surface area contributed by atoms with Crippen LogP contribution in [0.5, 0.6) is 0 Å². The van der Waals surface area contributed by atoms with Crippen molar-refractivity contribution in [2.75, 3.05) is 0 Å². The summed E-state index contributed by atoms with van der Waals surface area (Å²) in [5, 5.41) is 5.41. The van der Waals surface area contributed by atoms with Crippen LogP contribution in [0.15, 0.2) is 12.1 Å². The van der Waals surface area contributed by atoms with Gasteiger partial charge in [0.25, 0.3) is 0 Å². The zero-order chi connectivity index (χ0) is 14.5. The quantitative estimate of drug-likeness (QED) is 0.642. The van der Waals surface area contributed by atoms with Crippen LogP contribution in [-0.4, -0.2) is 6.04 Å². The van der Waals surface area contributed by atoms with Gasteiger partial charge < -0.3 is 5.32 Å². The van der Waals surface area contributed by atoms with Crippen LogP contribution in [0.2, 0.25) is 15.1 Å². The third-order valence-corrected chi connectivity index (χ3v) is 5.45. The molecule has 4 heteroatoms. The van der Waals surface area contributed by atoms with Crippen LogP contribution in [0.4, 0.5) is 0 Å². The molecule has 1 saturated carbocycles. The van der Waals surface area contributed by atoms with Gasteiger partial charge in [0.2, 0.25) is 0 Å². The number of rotatable bonds is 5. The minimum absolute atomic E-state index is 0.569. The van der Waals surface area contributed by atoms with Gasteiger partial charge in [-0.2, -0.15) is 0 Å². The number of hydrogen-bond donors (Lipinski definition) is 1. The first kappa shape index (κ1) is 16.4. The van der Waals surface area contributed by atoms with Crippen molar-refractivity contribution in [3.05, 3.63) is 32.8 Å². The Morgan fingerprint density at radius 1 is 1.05 bits per heavy atom. The van der Waals surface area contributed by atoms with Crippen molar-refractivity contribution in [1.29, 1.82) is 0 Å². The van der Waals surface area contributed by atoms with E-state index in [1.807, 2.05) is 6.07 Å². The van der Waals surface area contributed by atoms with Gasteiger partial charge in [-0.3, -0.25) is 0 Å². The molecule has 20 heavy (non-hydrogen) atoms. The molecule has 2 rings (SSSR count). The largest absolute Gasteiger partial charge is 0.310 e. The Balaban J connectivity index is 1.86. The molecule has 1 fully saturated rings. The molecule has 0 unspecified atom stereocenters. The summed E-state index contributed by atoms with van der Waals surface area (Å²) < 4.78 is 0. The molecule has 0 spiro atoms. The van der Waals surface area contributed by atoms with Crippen LogP contribution in [0.25, 0.3) is 0 Å². The van der Waals surface area contributed by atoms with Gasteiger partial charge in [-0.25, -0.2) is 0 Å². The lowest BCUT2D eigenvalue weighted by atomic mass is 9.83. The van der Waals surface area contributed by atoms with Crippen LogP contribution in [0.1, 0.15) is 51.0 Å². The van der Waals surface area contributed by atoms with Gasteiger partial charge in [0.15, 0.2) is 0 Å². The fourth-order valence-corrected chi connectivity index (χ4v) is 3.72. The minimum Gasteiger partial charge on any atom is -0.310 e. The molecule has 1 aromatic carbocycles. The zero-order valence-corrected chi connectivity index (χ0v) is 14.2. The molecule has 0 aliphatic heterocycles. The van der Waals surface area contributed by atoms with E-state index in [4.69, 9.17) is 34.8 Å². The van der Waals surface area contributed by atoms with E-state index >= 15 is 0 Å². The Hall–Kier alpha value is 0.0500. The Kier molecular flexibility index (Phi) is 6.48. The lowest BCUT2D eigenvalue weighted by Gasteiger charge is -2.29. The van der Waals surface area contributed by atoms with Crippen LogP contribution in [-0.2, 0) is 6.54 Å². The first-order valence-corrected chi connectivity index (χ1v) is 8.61. The standard InChI is InChI=1S/C16H22Cl3N/c1-2-3-11-4-6-12(7-5-11)20-10-13-14(17)8-9-15(18)16(13)19/h8-9,11-12,20H,2-7,10H2,1H3. The first-order valence-electron chi connectivity index (χ1n) is 7.47. The second kappa shape index (κ2) is 7.89. The molecule has 1 nitrogen and oxygen atoms in total. The van der Waals surface area contributed by atoms with E-state index in [1.165, 1.54) is 38.5 Å². The zero-order valence-electron chi connectivity index (χ0n) is 11.9. The second-order valence-electron chi connectivity index (χ2n) is 5.71. The van der Waals surface area contributed by atoms with Gasteiger partial charge in [0.1, 0.15) is 0 Å². The molecule has 0 heterocycles. The molecule has 0 atom stereocenters. The summed E-state index contributed by atoms with van der Waals surface area (Å²) in [6.07, 6.45) is 7.85. The highest BCUT2D eigenvalue weighted by Crippen LogP contribution is 2.32. The molecule has 1 N–H and O–H groups in total. The lowest BCUT2D eigenvalue weighted by Crippen LogP contribution is -2.32. The highest BCUT2D eigenvalue weighted by Gasteiger charge is 2.20. The average Bonchev–Trinajstić information content (AvgIpc) is 2.45. The SMILES string of the molecule is CCCC1CCC(NCc2c(Cl)ccc(Cl)c2Cl)CC1. The molecule has 0 aromatic heterocycles. The molecule has 1 aliphatic carbocycles. The van der Waals surface area contributed by atoms with Gasteiger partial charge in [0, 0.05) is 23.2 Å². The van der Waals surface area contributed by atoms with E-state index < -0.39 is 0 Å². The van der Waals surface area contributed by atoms with Crippen LogP contribution < -0.4 is 5.32 Å². The molecular formula is C16H22Cl3N. The summed E-state index contributed by atoms with van der Waals surface area (Å²) >= 11 is 18.5. The average molecular weight is 335 g/mol. The fraction of sp³-hybridized carbons (Fsp3) is 0.625. The number of benzene rings is 1. The van der Waals surface area contributed by atoms with Crippen molar-refractivity contribution in [3.63, 3.8) is 0 Å². The molecule has 0 amide bonds. The molecule has 0 bridgehead atoms. The van der Waals surface area contributed by atoms with Gasteiger partial charge in [0.05, 0.1) is 10.0 Å². The summed E-state index contributed by atoms with van der Waals surface area (Å²) in [5.41, 5.74) is 0.913. The third-order valence-electron chi connectivity index (χ3n) is 4.25. The maximum atomic E-state index is 6.22. The van der Waals surface area contributed by atoms with E-state index in [0.717, 1.165) is 11.5 Å². The van der Waals surface area contributed by atoms with Crippen molar-refractivity contribution in [3.8, 4) is 0 Å². The first-order chi connectivity index (χ1) is 9.61. The molecule has 0 radical (unpaired) electrons. The molecule has 112 valence electrons. The second-order valence-corrected chi connectivity index (χ2v) is 6.90. The monoisotopic (exact) mass is 333 g/mol. The van der Waals surface area contributed by atoms with Crippen LogP contribution in [0.3, 0.4) is 0 Å². The topological polar surface area (TPSA) is 12.0 Å². The summed E-state index contributed by atoms with van der Waals surface area (Å²) in [6.45, 7) is 2.97. The predicted molar refractivity (Wildman–Crippen MR) is 89.0 cm³/mol. The number of halogens is 3. The fourth-order valence-electron chi connectivity index (χ4n) is 3.04. The highest BCUT2D eigenvalue weighted by atomic mass is 35.5. The van der Waals surface area contributed by atoms with E-state index in [1.54, 1.807) is 6.07 Å². The maximum absolute atomic E-state index is 6.22. The summed E-state index contributed by atoms with van der Waals surface area (Å²) in [4.78, 5) is 0. The van der Waals surface area contributed by atoms with Crippen molar-refractivity contribution in [1.82, 2.24) is 5.32 Å². The van der Waals surface area contributed by atoms with E-state index in [0.29, 0.717) is 27.7 Å². The predicted octanol–water partition coefficient (Wildman–Crippen LogP) is 6.10. The van der Waals surface area contributed by atoms with Crippen LogP contribution >= 0.6 is 34.8 Å². The smallest absolute Gasteiger partial charge is 0.0652 e. The maximum Gasteiger partial charge on any atom is 0.0652 e. The number of nitrogens with one attached hydrogen (secondary N) is 1. The Morgan fingerprint density at radius 2 is 1.70 bits per heavy atom. The minimum atomic E-state index is 0.569. The van der Waals surface area contributed by atoms with Gasteiger partial charge in [-0.1, -0.05) is 54.6 Å². The van der Waals surface area contributed by atoms with E-state index in [2.05, 4.69) is 12.2 Å². The Labute approximate surface area is 137 Å². The van der Waals surface area contributed by atoms with Crippen LogP contribution in [0, 0.1) is 5.92 Å². The van der Waals surface area contributed by atoms with Crippen molar-refractivity contribution >= 4 is 34.8 Å². The number of hydrogen-bond acceptors (Lipinski definition) is 1. The summed E-state index contributed by atoms with van der Waals surface area (Å²) in [5.74, 6) is 0.927. The van der Waals surface area contributed by atoms with E-state index in [9.17, 15) is 0 Å². The van der Waals surface area contributed by atoms with Crippen molar-refractivity contribution in [2.24, 2.45) is 5.92 Å². The van der Waals surface area contributed by atoms with Gasteiger partial charge in [-0.15, -0.1) is 0 Å². The van der Waals surface area contributed by atoms with Gasteiger partial charge in [-0.05, 0) is 43.7 Å². The molecule has 1 aliphatic rings. The third kappa shape index (κ3) is 4.27. The Morgan fingerprint density at radius 3 is 2.35 bits per heavy atom. The lowest BCUT2D eigenvalue weighted by molar-refractivity contribution is 0.277. The van der Waals surface area contributed by atoms with Crippen molar-refractivity contribution in [2.45, 2.75) is 58.0 Å². The molecule has 0 saturated heterocycles. The summed E-state index contributed by atoms with van der Waals surface area (Å²) in [6, 6.07) is 4.13. The highest BCUT2D eigenvalue weighted by molar-refractivity contribution is 6.44. The van der Waals surface area contributed by atoms with Gasteiger partial charge >= 0.3 is 0 Å². The van der Waals surface area contributed by atoms with E-state index in [-0.39, 0.29) is 0 Å².